The summed E-state index contributed by atoms with van der Waals surface area (Å²) < 4.78 is 53.5. The summed E-state index contributed by atoms with van der Waals surface area (Å²) in [6.07, 6.45) is 0. The first kappa shape index (κ1) is 17.1. The molecule has 0 radical (unpaired) electrons. The molecule has 0 amide bonds. The van der Waals surface area contributed by atoms with Crippen LogP contribution < -0.4 is 4.72 Å². The molecule has 1 aromatic heterocycles. The monoisotopic (exact) mass is 375 g/mol. The maximum Gasteiger partial charge on any atom is 0.264 e. The Morgan fingerprint density at radius 3 is 2.52 bits per heavy atom. The summed E-state index contributed by atoms with van der Waals surface area (Å²) >= 11 is 1.50. The highest BCUT2D eigenvalue weighted by Crippen LogP contribution is 2.20. The fourth-order valence-corrected chi connectivity index (χ4v) is 3.73. The number of sulfonamides is 1. The van der Waals surface area contributed by atoms with Crippen LogP contribution in [0.3, 0.4) is 0 Å². The lowest BCUT2D eigenvalue weighted by Gasteiger charge is -2.09. The minimum absolute atomic E-state index is 0.238. The first-order valence-electron chi connectivity index (χ1n) is 7.07. The summed E-state index contributed by atoms with van der Waals surface area (Å²) in [4.78, 5) is 0.267. The third-order valence-electron chi connectivity index (χ3n) is 3.15. The van der Waals surface area contributed by atoms with Crippen molar-refractivity contribution in [3.05, 3.63) is 82.1 Å². The van der Waals surface area contributed by atoms with E-state index in [1.54, 1.807) is 18.2 Å². The highest BCUT2D eigenvalue weighted by atomic mass is 32.2. The van der Waals surface area contributed by atoms with Gasteiger partial charge in [-0.3, -0.25) is 4.72 Å². The van der Waals surface area contributed by atoms with E-state index >= 15 is 0 Å². The number of anilines is 1. The van der Waals surface area contributed by atoms with Crippen LogP contribution >= 0.6 is 11.3 Å². The number of nitrogens with one attached hydrogen (secondary N) is 1. The SMILES string of the molecule is O=S(=O)(Nc1cccc(C#Cc2cccs2)c1)c1ccc(F)cc1F. The Kier molecular flexibility index (Phi) is 4.83. The van der Waals surface area contributed by atoms with Crippen molar-refractivity contribution in [1.82, 2.24) is 0 Å². The Balaban J connectivity index is 1.86. The van der Waals surface area contributed by atoms with Crippen molar-refractivity contribution in [1.29, 1.82) is 0 Å². The molecule has 0 unspecified atom stereocenters. The van der Waals surface area contributed by atoms with E-state index in [0.717, 1.165) is 17.0 Å². The van der Waals surface area contributed by atoms with Gasteiger partial charge in [-0.2, -0.15) is 0 Å². The van der Waals surface area contributed by atoms with Gasteiger partial charge in [0, 0.05) is 11.6 Å². The molecule has 0 aliphatic carbocycles. The van der Waals surface area contributed by atoms with Crippen LogP contribution in [0.5, 0.6) is 0 Å². The van der Waals surface area contributed by atoms with Gasteiger partial charge < -0.3 is 0 Å². The van der Waals surface area contributed by atoms with Crippen molar-refractivity contribution in [2.24, 2.45) is 0 Å². The summed E-state index contributed by atoms with van der Waals surface area (Å²) in [5, 5.41) is 1.91. The van der Waals surface area contributed by atoms with Crippen LogP contribution in [0.15, 0.2) is 64.9 Å². The number of benzene rings is 2. The smallest absolute Gasteiger partial charge is 0.264 e. The Morgan fingerprint density at radius 2 is 1.80 bits per heavy atom. The largest absolute Gasteiger partial charge is 0.279 e. The van der Waals surface area contributed by atoms with Gasteiger partial charge in [-0.15, -0.1) is 11.3 Å². The molecule has 1 heterocycles. The lowest BCUT2D eigenvalue weighted by Crippen LogP contribution is -2.14. The molecule has 0 saturated heterocycles. The van der Waals surface area contributed by atoms with Crippen LogP contribution in [0.2, 0.25) is 0 Å². The number of hydrogen-bond acceptors (Lipinski definition) is 3. The number of hydrogen-bond donors (Lipinski definition) is 1. The maximum atomic E-state index is 13.7. The number of thiophene rings is 1. The molecule has 7 heteroatoms. The third-order valence-corrected chi connectivity index (χ3v) is 5.35. The summed E-state index contributed by atoms with van der Waals surface area (Å²) in [7, 11) is -4.17. The zero-order valence-corrected chi connectivity index (χ0v) is 14.3. The topological polar surface area (TPSA) is 46.2 Å². The summed E-state index contributed by atoms with van der Waals surface area (Å²) in [6.45, 7) is 0. The molecule has 3 aromatic rings. The van der Waals surface area contributed by atoms with Gasteiger partial charge in [0.2, 0.25) is 0 Å². The summed E-state index contributed by atoms with van der Waals surface area (Å²) in [5.41, 5.74) is 0.842. The average Bonchev–Trinajstić information content (AvgIpc) is 3.06. The molecule has 3 rings (SSSR count). The fraction of sp³-hybridized carbons (Fsp3) is 0. The molecule has 126 valence electrons. The Hall–Kier alpha value is -2.69. The first-order chi connectivity index (χ1) is 11.9. The van der Waals surface area contributed by atoms with Crippen LogP contribution in [0.4, 0.5) is 14.5 Å². The number of halogens is 2. The van der Waals surface area contributed by atoms with E-state index in [1.165, 1.54) is 17.4 Å². The van der Waals surface area contributed by atoms with E-state index in [4.69, 9.17) is 0 Å². The van der Waals surface area contributed by atoms with Gasteiger partial charge in [-0.25, -0.2) is 17.2 Å². The average molecular weight is 375 g/mol. The lowest BCUT2D eigenvalue weighted by atomic mass is 10.2. The normalized spacial score (nSPS) is 10.8. The van der Waals surface area contributed by atoms with Gasteiger partial charge in [0.25, 0.3) is 10.0 Å². The van der Waals surface area contributed by atoms with E-state index in [9.17, 15) is 17.2 Å². The van der Waals surface area contributed by atoms with Crippen LogP contribution in [-0.4, -0.2) is 8.42 Å². The predicted molar refractivity (Wildman–Crippen MR) is 93.9 cm³/mol. The predicted octanol–water partition coefficient (Wildman–Crippen LogP) is 4.23. The van der Waals surface area contributed by atoms with E-state index in [0.29, 0.717) is 11.6 Å². The molecular formula is C18H11F2NO2S2. The highest BCUT2D eigenvalue weighted by molar-refractivity contribution is 7.92. The molecule has 0 atom stereocenters. The second kappa shape index (κ2) is 7.05. The van der Waals surface area contributed by atoms with Crippen molar-refractivity contribution in [3.8, 4) is 11.8 Å². The minimum Gasteiger partial charge on any atom is -0.279 e. The van der Waals surface area contributed by atoms with Gasteiger partial charge in [-0.05, 0) is 41.8 Å². The van der Waals surface area contributed by atoms with Crippen molar-refractivity contribution in [2.45, 2.75) is 4.90 Å². The van der Waals surface area contributed by atoms with Crippen molar-refractivity contribution in [2.75, 3.05) is 4.72 Å². The Labute approximate surface area is 148 Å². The van der Waals surface area contributed by atoms with E-state index < -0.39 is 26.6 Å². The second-order valence-electron chi connectivity index (χ2n) is 4.99. The standard InChI is InChI=1S/C18H11F2NO2S2/c19-14-7-9-18(17(20)12-14)25(22,23)21-15-4-1-3-13(11-15)6-8-16-5-2-10-24-16/h1-5,7,9-12,21H. The Morgan fingerprint density at radius 1 is 0.960 bits per heavy atom. The van der Waals surface area contributed by atoms with Crippen LogP contribution in [0.1, 0.15) is 10.4 Å². The Bertz CT molecular complexity index is 1070. The molecular weight excluding hydrogens is 364 g/mol. The molecule has 0 spiro atoms. The van der Waals surface area contributed by atoms with Gasteiger partial charge >= 0.3 is 0 Å². The minimum atomic E-state index is -4.17. The molecule has 0 fully saturated rings. The van der Waals surface area contributed by atoms with Gasteiger partial charge in [-0.1, -0.05) is 24.0 Å². The van der Waals surface area contributed by atoms with Gasteiger partial charge in [0.15, 0.2) is 0 Å². The number of rotatable bonds is 3. The molecule has 25 heavy (non-hydrogen) atoms. The molecule has 0 aliphatic rings. The van der Waals surface area contributed by atoms with E-state index in [2.05, 4.69) is 16.6 Å². The first-order valence-corrected chi connectivity index (χ1v) is 9.44. The van der Waals surface area contributed by atoms with Crippen molar-refractivity contribution < 1.29 is 17.2 Å². The van der Waals surface area contributed by atoms with Gasteiger partial charge in [0.1, 0.15) is 16.5 Å². The lowest BCUT2D eigenvalue weighted by molar-refractivity contribution is 0.551. The second-order valence-corrected chi connectivity index (χ2v) is 7.59. The zero-order valence-electron chi connectivity index (χ0n) is 12.7. The third kappa shape index (κ3) is 4.24. The van der Waals surface area contributed by atoms with Crippen LogP contribution in [0, 0.1) is 23.5 Å². The molecule has 3 nitrogen and oxygen atoms in total. The molecule has 1 N–H and O–H groups in total. The van der Waals surface area contributed by atoms with Crippen LogP contribution in [0.25, 0.3) is 0 Å². The van der Waals surface area contributed by atoms with E-state index in [-0.39, 0.29) is 5.69 Å². The van der Waals surface area contributed by atoms with Crippen LogP contribution in [-0.2, 0) is 10.0 Å². The maximum absolute atomic E-state index is 13.7. The van der Waals surface area contributed by atoms with Crippen molar-refractivity contribution >= 4 is 27.0 Å². The molecule has 0 bridgehead atoms. The van der Waals surface area contributed by atoms with Crippen molar-refractivity contribution in [3.63, 3.8) is 0 Å². The highest BCUT2D eigenvalue weighted by Gasteiger charge is 2.19. The van der Waals surface area contributed by atoms with E-state index in [1.807, 2.05) is 17.5 Å². The molecule has 0 aliphatic heterocycles. The van der Waals surface area contributed by atoms with Gasteiger partial charge in [0.05, 0.1) is 10.6 Å². The fourth-order valence-electron chi connectivity index (χ4n) is 2.05. The summed E-state index contributed by atoms with van der Waals surface area (Å²) in [6, 6.07) is 12.5. The summed E-state index contributed by atoms with van der Waals surface area (Å²) in [5.74, 6) is 3.90. The molecule has 0 saturated carbocycles. The molecule has 2 aromatic carbocycles. The quantitative estimate of drug-likeness (QED) is 0.697. The zero-order chi connectivity index (χ0) is 17.9.